The Labute approximate surface area is 146 Å². The van der Waals surface area contributed by atoms with E-state index in [1.807, 2.05) is 0 Å². The van der Waals surface area contributed by atoms with E-state index in [2.05, 4.69) is 39.6 Å². The van der Waals surface area contributed by atoms with Crippen LogP contribution in [0.1, 0.15) is 85.5 Å². The zero-order valence-corrected chi connectivity index (χ0v) is 16.6. The molecule has 0 amide bonds. The van der Waals surface area contributed by atoms with Gasteiger partial charge in [0.2, 0.25) is 0 Å². The molecule has 0 spiro atoms. The predicted octanol–water partition coefficient (Wildman–Crippen LogP) is 5.35. The van der Waals surface area contributed by atoms with E-state index in [0.29, 0.717) is 5.92 Å². The summed E-state index contributed by atoms with van der Waals surface area (Å²) < 4.78 is 0. The number of hydrogen-bond donors (Lipinski definition) is 1. The molecular weight excluding hydrogens is 282 g/mol. The van der Waals surface area contributed by atoms with Crippen LogP contribution in [0.4, 0.5) is 0 Å². The fourth-order valence-corrected chi connectivity index (χ4v) is 3.87. The molecule has 2 heteroatoms. The Morgan fingerprint density at radius 3 is 2.04 bits per heavy atom. The Balaban J connectivity index is 2.09. The molecule has 1 heterocycles. The highest BCUT2D eigenvalue weighted by Gasteiger charge is 2.22. The zero-order chi connectivity index (χ0) is 17.2. The molecule has 138 valence electrons. The average molecular weight is 326 g/mol. The second-order valence-electron chi connectivity index (χ2n) is 8.89. The third-order valence-electron chi connectivity index (χ3n) is 5.90. The maximum absolute atomic E-state index is 10.5. The molecule has 3 unspecified atom stereocenters. The summed E-state index contributed by atoms with van der Waals surface area (Å²) in [5.74, 6) is 2.92. The van der Waals surface area contributed by atoms with Gasteiger partial charge in [0, 0.05) is 0 Å². The van der Waals surface area contributed by atoms with E-state index < -0.39 is 0 Å². The van der Waals surface area contributed by atoms with Crippen LogP contribution in [0.2, 0.25) is 0 Å². The van der Waals surface area contributed by atoms with Crippen molar-refractivity contribution < 1.29 is 5.11 Å². The summed E-state index contributed by atoms with van der Waals surface area (Å²) in [7, 11) is 2.21. The highest BCUT2D eigenvalue weighted by atomic mass is 16.3. The summed E-state index contributed by atoms with van der Waals surface area (Å²) in [6.45, 7) is 11.7. The van der Waals surface area contributed by atoms with Crippen LogP contribution in [0.15, 0.2) is 0 Å². The molecular formula is C21H43NO. The summed E-state index contributed by atoms with van der Waals surface area (Å²) >= 11 is 0. The van der Waals surface area contributed by atoms with Crippen LogP contribution in [0.25, 0.3) is 0 Å². The molecule has 1 N–H and O–H groups in total. The van der Waals surface area contributed by atoms with Gasteiger partial charge in [-0.05, 0) is 69.5 Å². The van der Waals surface area contributed by atoms with Crippen molar-refractivity contribution in [3.63, 3.8) is 0 Å². The van der Waals surface area contributed by atoms with E-state index >= 15 is 0 Å². The maximum atomic E-state index is 10.5. The molecule has 0 aromatic rings. The van der Waals surface area contributed by atoms with Crippen molar-refractivity contribution in [2.24, 2.45) is 23.7 Å². The molecule has 1 rings (SSSR count). The number of hydrogen-bond acceptors (Lipinski definition) is 2. The van der Waals surface area contributed by atoms with E-state index in [1.54, 1.807) is 0 Å². The van der Waals surface area contributed by atoms with Gasteiger partial charge in [-0.3, -0.25) is 0 Å². The van der Waals surface area contributed by atoms with E-state index in [1.165, 1.54) is 64.5 Å². The van der Waals surface area contributed by atoms with Crippen molar-refractivity contribution in [2.45, 2.75) is 91.6 Å². The number of aliphatic hydroxyl groups excluding tert-OH is 1. The fourth-order valence-electron chi connectivity index (χ4n) is 3.87. The largest absolute Gasteiger partial charge is 0.393 e. The molecule has 1 aliphatic rings. The number of likely N-dealkylation sites (tertiary alicyclic amines) is 1. The molecule has 3 atom stereocenters. The van der Waals surface area contributed by atoms with E-state index in [9.17, 15) is 5.11 Å². The monoisotopic (exact) mass is 325 g/mol. The summed E-state index contributed by atoms with van der Waals surface area (Å²) in [4.78, 5) is 2.41. The van der Waals surface area contributed by atoms with Crippen molar-refractivity contribution in [2.75, 3.05) is 20.1 Å². The van der Waals surface area contributed by atoms with Crippen LogP contribution in [-0.4, -0.2) is 36.2 Å². The van der Waals surface area contributed by atoms with Gasteiger partial charge < -0.3 is 10.0 Å². The van der Waals surface area contributed by atoms with Crippen molar-refractivity contribution >= 4 is 0 Å². The highest BCUT2D eigenvalue weighted by Crippen LogP contribution is 2.26. The van der Waals surface area contributed by atoms with Crippen LogP contribution in [0.3, 0.4) is 0 Å². The van der Waals surface area contributed by atoms with Crippen LogP contribution in [0, 0.1) is 23.7 Å². The predicted molar refractivity (Wildman–Crippen MR) is 102 cm³/mol. The second kappa shape index (κ2) is 11.5. The van der Waals surface area contributed by atoms with Gasteiger partial charge in [0.1, 0.15) is 0 Å². The highest BCUT2D eigenvalue weighted by molar-refractivity contribution is 4.75. The summed E-state index contributed by atoms with van der Waals surface area (Å²) in [6, 6.07) is 0. The van der Waals surface area contributed by atoms with Gasteiger partial charge in [0.05, 0.1) is 6.10 Å². The van der Waals surface area contributed by atoms with Crippen molar-refractivity contribution in [1.82, 2.24) is 4.90 Å². The Bertz CT molecular complexity index is 284. The normalized spacial score (nSPS) is 21.5. The van der Waals surface area contributed by atoms with E-state index in [4.69, 9.17) is 0 Å². The minimum absolute atomic E-state index is 0.0837. The van der Waals surface area contributed by atoms with Crippen LogP contribution in [-0.2, 0) is 0 Å². The van der Waals surface area contributed by atoms with Crippen LogP contribution in [0.5, 0.6) is 0 Å². The molecule has 2 nitrogen and oxygen atoms in total. The lowest BCUT2D eigenvalue weighted by Crippen LogP contribution is -2.32. The average Bonchev–Trinajstić information content (AvgIpc) is 2.49. The standard InChI is InChI=1S/C21H43NO/c1-17(2)8-6-9-18(3)10-7-11-19(4)21(23)16-20-12-14-22(5)15-13-20/h17-21,23H,6-16H2,1-5H3. The second-order valence-corrected chi connectivity index (χ2v) is 8.89. The van der Waals surface area contributed by atoms with Gasteiger partial charge in [-0.15, -0.1) is 0 Å². The molecule has 0 saturated carbocycles. The Hall–Kier alpha value is -0.0800. The van der Waals surface area contributed by atoms with E-state index in [-0.39, 0.29) is 6.10 Å². The summed E-state index contributed by atoms with van der Waals surface area (Å²) in [5, 5.41) is 10.5. The Morgan fingerprint density at radius 2 is 1.48 bits per heavy atom. The number of nitrogens with zero attached hydrogens (tertiary/aromatic N) is 1. The summed E-state index contributed by atoms with van der Waals surface area (Å²) in [6.07, 6.45) is 11.4. The lowest BCUT2D eigenvalue weighted by atomic mass is 9.85. The number of aliphatic hydroxyl groups is 1. The number of piperidine rings is 1. The van der Waals surface area contributed by atoms with Gasteiger partial charge in [-0.2, -0.15) is 0 Å². The van der Waals surface area contributed by atoms with E-state index in [0.717, 1.165) is 24.2 Å². The first kappa shape index (κ1) is 21.0. The first-order valence-electron chi connectivity index (χ1n) is 10.2. The molecule has 1 fully saturated rings. The Morgan fingerprint density at radius 1 is 0.913 bits per heavy atom. The third-order valence-corrected chi connectivity index (χ3v) is 5.90. The number of rotatable bonds is 11. The van der Waals surface area contributed by atoms with Gasteiger partial charge in [0.15, 0.2) is 0 Å². The first-order valence-corrected chi connectivity index (χ1v) is 10.2. The fraction of sp³-hybridized carbons (Fsp3) is 1.00. The molecule has 0 aromatic heterocycles. The third kappa shape index (κ3) is 9.72. The quantitative estimate of drug-likeness (QED) is 0.553. The molecule has 0 radical (unpaired) electrons. The molecule has 0 aliphatic carbocycles. The van der Waals surface area contributed by atoms with Crippen LogP contribution < -0.4 is 0 Å². The van der Waals surface area contributed by atoms with Gasteiger partial charge in [0.25, 0.3) is 0 Å². The smallest absolute Gasteiger partial charge is 0.0568 e. The molecule has 23 heavy (non-hydrogen) atoms. The topological polar surface area (TPSA) is 23.5 Å². The van der Waals surface area contributed by atoms with Crippen molar-refractivity contribution in [3.8, 4) is 0 Å². The molecule has 0 aromatic carbocycles. The minimum atomic E-state index is -0.0837. The molecule has 1 aliphatic heterocycles. The minimum Gasteiger partial charge on any atom is -0.393 e. The molecule has 0 bridgehead atoms. The van der Waals surface area contributed by atoms with Gasteiger partial charge in [-0.25, -0.2) is 0 Å². The van der Waals surface area contributed by atoms with Crippen molar-refractivity contribution in [3.05, 3.63) is 0 Å². The Kier molecular flexibility index (Phi) is 10.5. The SMILES string of the molecule is CC(C)CCCC(C)CCCC(C)C(O)CC1CCN(C)CC1. The van der Waals surface area contributed by atoms with Crippen LogP contribution >= 0.6 is 0 Å². The van der Waals surface area contributed by atoms with Gasteiger partial charge in [-0.1, -0.05) is 59.8 Å². The maximum Gasteiger partial charge on any atom is 0.0568 e. The molecule has 1 saturated heterocycles. The lowest BCUT2D eigenvalue weighted by molar-refractivity contribution is 0.0687. The van der Waals surface area contributed by atoms with Crippen molar-refractivity contribution in [1.29, 1.82) is 0 Å². The zero-order valence-electron chi connectivity index (χ0n) is 16.6. The summed E-state index contributed by atoms with van der Waals surface area (Å²) in [5.41, 5.74) is 0. The van der Waals surface area contributed by atoms with Gasteiger partial charge >= 0.3 is 0 Å². The lowest BCUT2D eigenvalue weighted by Gasteiger charge is -2.31. The first-order chi connectivity index (χ1) is 10.9.